The molecule has 0 unspecified atom stereocenters. The molecular formula is C22H24Cl2N4O3S. The van der Waals surface area contributed by atoms with Crippen LogP contribution in [0.2, 0.25) is 0 Å². The van der Waals surface area contributed by atoms with Gasteiger partial charge in [0, 0.05) is 31.7 Å². The summed E-state index contributed by atoms with van der Waals surface area (Å²) in [6.45, 7) is 2.85. The summed E-state index contributed by atoms with van der Waals surface area (Å²) in [5, 5.41) is 0. The van der Waals surface area contributed by atoms with Gasteiger partial charge in [-0.1, -0.05) is 18.2 Å². The Kier molecular flexibility index (Phi) is 7.61. The summed E-state index contributed by atoms with van der Waals surface area (Å²) in [5.74, 6) is 1.31. The van der Waals surface area contributed by atoms with Gasteiger partial charge in [0.1, 0.15) is 16.0 Å². The number of fused-ring (bicyclic) bond motifs is 3. The van der Waals surface area contributed by atoms with Crippen LogP contribution >= 0.6 is 36.2 Å². The number of para-hydroxylation sites is 1. The van der Waals surface area contributed by atoms with E-state index in [1.54, 1.807) is 13.3 Å². The predicted octanol–water partition coefficient (Wildman–Crippen LogP) is 3.64. The molecule has 10 heteroatoms. The lowest BCUT2D eigenvalue weighted by molar-refractivity contribution is 0.313. The molecule has 0 radical (unpaired) electrons. The maximum Gasteiger partial charge on any atom is 0.328 e. The van der Waals surface area contributed by atoms with Gasteiger partial charge in [-0.05, 0) is 36.7 Å². The Hall–Kier alpha value is -2.39. The first kappa shape index (κ1) is 24.3. The minimum absolute atomic E-state index is 0. The van der Waals surface area contributed by atoms with Gasteiger partial charge < -0.3 is 14.6 Å². The minimum atomic E-state index is -0.377. The van der Waals surface area contributed by atoms with E-state index in [1.165, 1.54) is 21.5 Å². The van der Waals surface area contributed by atoms with Gasteiger partial charge >= 0.3 is 5.69 Å². The smallest absolute Gasteiger partial charge is 0.328 e. The number of rotatable bonds is 5. The highest BCUT2D eigenvalue weighted by Gasteiger charge is 2.26. The molecule has 0 spiro atoms. The predicted molar refractivity (Wildman–Crippen MR) is 133 cm³/mol. The molecule has 1 fully saturated rings. The van der Waals surface area contributed by atoms with Gasteiger partial charge in [-0.3, -0.25) is 14.3 Å². The summed E-state index contributed by atoms with van der Waals surface area (Å²) < 4.78 is 8.27. The van der Waals surface area contributed by atoms with E-state index in [0.717, 1.165) is 30.0 Å². The number of aromatic amines is 1. The molecule has 1 saturated heterocycles. The summed E-state index contributed by atoms with van der Waals surface area (Å²) in [5.41, 5.74) is 1.82. The standard InChI is InChI=1S/C22H22N4O3S.2ClH/c1-29-16-6-3-2-5-15(16)14-8-10-25(13-14)11-12-26-21(27)20-19(24-22(26)28)18-17(30-20)7-4-9-23-18;;/h2-7,9,14H,8,10-13H2,1H3,(H,24,28);2*1H/t14-;;/m0../s1. The normalized spacial score (nSPS) is 16.1. The molecule has 0 amide bonds. The molecule has 1 N–H and O–H groups in total. The number of ether oxygens (including phenoxy) is 1. The molecule has 170 valence electrons. The van der Waals surface area contributed by atoms with Crippen molar-refractivity contribution in [2.75, 3.05) is 26.7 Å². The molecule has 4 aromatic rings. The number of likely N-dealkylation sites (tertiary alicyclic amines) is 1. The summed E-state index contributed by atoms with van der Waals surface area (Å²) in [6, 6.07) is 11.9. The van der Waals surface area contributed by atoms with Crippen LogP contribution in [-0.2, 0) is 6.54 Å². The molecule has 7 nitrogen and oxygen atoms in total. The number of halogens is 2. The second kappa shape index (κ2) is 10.0. The second-order valence-electron chi connectivity index (χ2n) is 7.57. The minimum Gasteiger partial charge on any atom is -0.496 e. The summed E-state index contributed by atoms with van der Waals surface area (Å²) in [7, 11) is 1.70. The number of nitrogens with zero attached hydrogens (tertiary/aromatic N) is 3. The fourth-order valence-electron chi connectivity index (χ4n) is 4.32. The van der Waals surface area contributed by atoms with Crippen LogP contribution in [-0.4, -0.2) is 46.2 Å². The lowest BCUT2D eigenvalue weighted by Crippen LogP contribution is -2.38. The van der Waals surface area contributed by atoms with Crippen molar-refractivity contribution in [3.8, 4) is 5.75 Å². The molecule has 1 aliphatic heterocycles. The molecule has 1 aliphatic rings. The third kappa shape index (κ3) is 4.28. The van der Waals surface area contributed by atoms with Crippen LogP contribution < -0.4 is 16.0 Å². The van der Waals surface area contributed by atoms with Crippen molar-refractivity contribution in [2.24, 2.45) is 0 Å². The Labute approximate surface area is 200 Å². The second-order valence-corrected chi connectivity index (χ2v) is 8.62. The van der Waals surface area contributed by atoms with Gasteiger partial charge in [-0.2, -0.15) is 0 Å². The Bertz CT molecular complexity index is 1350. The van der Waals surface area contributed by atoms with Crippen LogP contribution in [0.15, 0.2) is 52.2 Å². The van der Waals surface area contributed by atoms with Gasteiger partial charge in [0.25, 0.3) is 5.56 Å². The first-order valence-electron chi connectivity index (χ1n) is 10.0. The summed E-state index contributed by atoms with van der Waals surface area (Å²) in [6.07, 6.45) is 2.70. The van der Waals surface area contributed by atoms with Crippen molar-refractivity contribution in [3.63, 3.8) is 0 Å². The van der Waals surface area contributed by atoms with Crippen molar-refractivity contribution in [2.45, 2.75) is 18.9 Å². The Balaban J connectivity index is 0.00000144. The van der Waals surface area contributed by atoms with Crippen LogP contribution in [0.1, 0.15) is 17.9 Å². The van der Waals surface area contributed by atoms with E-state index in [0.29, 0.717) is 34.7 Å². The van der Waals surface area contributed by atoms with Gasteiger partial charge in [-0.15, -0.1) is 36.2 Å². The maximum atomic E-state index is 13.0. The summed E-state index contributed by atoms with van der Waals surface area (Å²) in [4.78, 5) is 35.1. The largest absolute Gasteiger partial charge is 0.496 e. The SMILES string of the molecule is COc1ccccc1[C@H]1CCN(CCn2c(=O)[nH]c3c(sc4cccnc43)c2=O)C1.Cl.Cl. The van der Waals surface area contributed by atoms with Crippen LogP contribution in [0.3, 0.4) is 0 Å². The third-order valence-electron chi connectivity index (χ3n) is 5.85. The number of pyridine rings is 1. The molecule has 3 aromatic heterocycles. The molecule has 5 rings (SSSR count). The fraction of sp³-hybridized carbons (Fsp3) is 0.318. The zero-order valence-electron chi connectivity index (χ0n) is 17.4. The Morgan fingerprint density at radius 2 is 1.97 bits per heavy atom. The molecule has 0 bridgehead atoms. The van der Waals surface area contributed by atoms with Crippen molar-refractivity contribution < 1.29 is 4.74 Å². The summed E-state index contributed by atoms with van der Waals surface area (Å²) >= 11 is 1.38. The quantitative estimate of drug-likeness (QED) is 0.458. The van der Waals surface area contributed by atoms with Gasteiger partial charge in [0.2, 0.25) is 0 Å². The maximum absolute atomic E-state index is 13.0. The number of thiophene rings is 1. The van der Waals surface area contributed by atoms with Crippen LogP contribution in [0.5, 0.6) is 5.75 Å². The number of methoxy groups -OCH3 is 1. The van der Waals surface area contributed by atoms with E-state index in [-0.39, 0.29) is 36.1 Å². The number of H-pyrrole nitrogens is 1. The van der Waals surface area contributed by atoms with Gasteiger partial charge in [0.15, 0.2) is 0 Å². The van der Waals surface area contributed by atoms with Gasteiger partial charge in [-0.25, -0.2) is 4.79 Å². The highest BCUT2D eigenvalue weighted by molar-refractivity contribution is 7.25. The topological polar surface area (TPSA) is 80.2 Å². The van der Waals surface area contributed by atoms with E-state index in [4.69, 9.17) is 4.74 Å². The molecule has 1 aromatic carbocycles. The fourth-order valence-corrected chi connectivity index (χ4v) is 5.39. The first-order valence-corrected chi connectivity index (χ1v) is 10.8. The number of nitrogens with one attached hydrogen (secondary N) is 1. The van der Waals surface area contributed by atoms with E-state index >= 15 is 0 Å². The van der Waals surface area contributed by atoms with E-state index in [9.17, 15) is 9.59 Å². The Morgan fingerprint density at radius 3 is 2.78 bits per heavy atom. The van der Waals surface area contributed by atoms with E-state index in [1.807, 2.05) is 30.3 Å². The Morgan fingerprint density at radius 1 is 1.16 bits per heavy atom. The van der Waals surface area contributed by atoms with Crippen molar-refractivity contribution >= 4 is 56.6 Å². The molecule has 4 heterocycles. The van der Waals surface area contributed by atoms with Crippen LogP contribution in [0.25, 0.3) is 20.4 Å². The number of hydrogen-bond acceptors (Lipinski definition) is 6. The number of hydrogen-bond donors (Lipinski definition) is 1. The zero-order valence-corrected chi connectivity index (χ0v) is 19.9. The lowest BCUT2D eigenvalue weighted by atomic mass is 9.97. The molecule has 0 aliphatic carbocycles. The lowest BCUT2D eigenvalue weighted by Gasteiger charge is -2.17. The van der Waals surface area contributed by atoms with E-state index in [2.05, 4.69) is 20.9 Å². The van der Waals surface area contributed by atoms with Crippen molar-refractivity contribution in [1.29, 1.82) is 0 Å². The monoisotopic (exact) mass is 494 g/mol. The van der Waals surface area contributed by atoms with E-state index < -0.39 is 0 Å². The number of benzene rings is 1. The van der Waals surface area contributed by atoms with Crippen molar-refractivity contribution in [1.82, 2.24) is 19.4 Å². The average molecular weight is 495 g/mol. The molecule has 32 heavy (non-hydrogen) atoms. The van der Waals surface area contributed by atoms with Crippen LogP contribution in [0, 0.1) is 0 Å². The highest BCUT2D eigenvalue weighted by Crippen LogP contribution is 2.33. The van der Waals surface area contributed by atoms with Gasteiger partial charge in [0.05, 0.1) is 17.3 Å². The van der Waals surface area contributed by atoms with Crippen molar-refractivity contribution in [3.05, 3.63) is 69.0 Å². The number of aromatic nitrogens is 3. The average Bonchev–Trinajstić information content (AvgIpc) is 3.39. The molecule has 0 saturated carbocycles. The molecule has 1 atom stereocenters. The van der Waals surface area contributed by atoms with Crippen LogP contribution in [0.4, 0.5) is 0 Å². The third-order valence-corrected chi connectivity index (χ3v) is 6.99. The highest BCUT2D eigenvalue weighted by atomic mass is 35.5. The molecular weight excluding hydrogens is 471 g/mol. The first-order chi connectivity index (χ1) is 14.7. The zero-order chi connectivity index (χ0) is 20.7.